The Kier molecular flexibility index (Phi) is 5.88. The minimum atomic E-state index is -0.368. The molecule has 0 atom stereocenters. The Morgan fingerprint density at radius 3 is 2.70 bits per heavy atom. The number of benzene rings is 2. The van der Waals surface area contributed by atoms with E-state index in [1.807, 2.05) is 42.3 Å². The molecule has 1 aromatic heterocycles. The molecule has 0 aliphatic carbocycles. The quantitative estimate of drug-likeness (QED) is 0.697. The summed E-state index contributed by atoms with van der Waals surface area (Å²) in [6.07, 6.45) is 1.56. The first-order valence-corrected chi connectivity index (χ1v) is 8.67. The second kappa shape index (κ2) is 8.51. The molecule has 138 valence electrons. The van der Waals surface area contributed by atoms with E-state index in [0.29, 0.717) is 29.0 Å². The molecule has 3 rings (SSSR count). The van der Waals surface area contributed by atoms with E-state index >= 15 is 0 Å². The maximum Gasteiger partial charge on any atom is 0.274 e. The number of aromatic nitrogens is 2. The highest BCUT2D eigenvalue weighted by molar-refractivity contribution is 6.31. The summed E-state index contributed by atoms with van der Waals surface area (Å²) in [6.45, 7) is 0.633. The number of amides is 1. The van der Waals surface area contributed by atoms with Gasteiger partial charge in [0.1, 0.15) is 11.4 Å². The predicted octanol–water partition coefficient (Wildman–Crippen LogP) is 4.03. The third kappa shape index (κ3) is 4.74. The number of methoxy groups -OCH3 is 1. The minimum Gasteiger partial charge on any atom is -0.495 e. The van der Waals surface area contributed by atoms with Crippen LogP contribution in [0.25, 0.3) is 0 Å². The molecule has 2 aromatic carbocycles. The number of hydrogen-bond acceptors (Lipinski definition) is 5. The zero-order valence-electron chi connectivity index (χ0n) is 15.0. The summed E-state index contributed by atoms with van der Waals surface area (Å²) in [7, 11) is 3.41. The summed E-state index contributed by atoms with van der Waals surface area (Å²) in [6, 6.07) is 16.5. The predicted molar refractivity (Wildman–Crippen MR) is 107 cm³/mol. The summed E-state index contributed by atoms with van der Waals surface area (Å²) in [5, 5.41) is 3.27. The standard InChI is InChI=1S/C20H19ClN4O2/c1-25(13-14-6-4-3-5-7-14)20-22-11-10-16(24-20)19(26)23-17-12-15(21)8-9-18(17)27-2/h3-12H,13H2,1-2H3,(H,23,26). The third-order valence-electron chi connectivity index (χ3n) is 3.89. The van der Waals surface area contributed by atoms with E-state index in [9.17, 15) is 4.79 Å². The van der Waals surface area contributed by atoms with E-state index in [1.54, 1.807) is 30.5 Å². The number of carbonyl (C=O) groups excluding carboxylic acids is 1. The van der Waals surface area contributed by atoms with Crippen molar-refractivity contribution < 1.29 is 9.53 Å². The SMILES string of the molecule is COc1ccc(Cl)cc1NC(=O)c1ccnc(N(C)Cc2ccccc2)n1. The van der Waals surface area contributed by atoms with Gasteiger partial charge in [-0.05, 0) is 29.8 Å². The van der Waals surface area contributed by atoms with Gasteiger partial charge in [0.2, 0.25) is 5.95 Å². The van der Waals surface area contributed by atoms with Gasteiger partial charge in [-0.2, -0.15) is 0 Å². The number of nitrogens with one attached hydrogen (secondary N) is 1. The lowest BCUT2D eigenvalue weighted by molar-refractivity contribution is 0.102. The third-order valence-corrected chi connectivity index (χ3v) is 4.12. The van der Waals surface area contributed by atoms with Crippen LogP contribution in [0.3, 0.4) is 0 Å². The molecule has 0 aliphatic heterocycles. The molecule has 0 radical (unpaired) electrons. The van der Waals surface area contributed by atoms with Gasteiger partial charge in [0, 0.05) is 24.8 Å². The molecule has 27 heavy (non-hydrogen) atoms. The highest BCUT2D eigenvalue weighted by Gasteiger charge is 2.14. The van der Waals surface area contributed by atoms with Crippen LogP contribution in [0.1, 0.15) is 16.1 Å². The van der Waals surface area contributed by atoms with Crippen LogP contribution >= 0.6 is 11.6 Å². The number of carbonyl (C=O) groups is 1. The van der Waals surface area contributed by atoms with Crippen molar-refractivity contribution in [2.45, 2.75) is 6.54 Å². The van der Waals surface area contributed by atoms with Gasteiger partial charge in [-0.1, -0.05) is 41.9 Å². The van der Waals surface area contributed by atoms with Crippen molar-refractivity contribution in [1.29, 1.82) is 0 Å². The zero-order chi connectivity index (χ0) is 19.2. The molecule has 6 nitrogen and oxygen atoms in total. The number of hydrogen-bond donors (Lipinski definition) is 1. The Hall–Kier alpha value is -3.12. The minimum absolute atomic E-state index is 0.252. The Labute approximate surface area is 162 Å². The highest BCUT2D eigenvalue weighted by atomic mass is 35.5. The van der Waals surface area contributed by atoms with Crippen LogP contribution < -0.4 is 15.0 Å². The average molecular weight is 383 g/mol. The van der Waals surface area contributed by atoms with E-state index in [1.165, 1.54) is 7.11 Å². The van der Waals surface area contributed by atoms with Gasteiger partial charge in [-0.15, -0.1) is 0 Å². The van der Waals surface area contributed by atoms with Crippen LogP contribution in [-0.2, 0) is 6.54 Å². The van der Waals surface area contributed by atoms with Crippen LogP contribution in [0.15, 0.2) is 60.8 Å². The van der Waals surface area contributed by atoms with Gasteiger partial charge in [0.15, 0.2) is 0 Å². The first-order chi connectivity index (χ1) is 13.1. The maximum atomic E-state index is 12.6. The molecular formula is C20H19ClN4O2. The molecule has 7 heteroatoms. The fraction of sp³-hybridized carbons (Fsp3) is 0.150. The molecule has 1 amide bonds. The number of nitrogens with zero attached hydrogens (tertiary/aromatic N) is 3. The molecule has 3 aromatic rings. The van der Waals surface area contributed by atoms with E-state index in [2.05, 4.69) is 15.3 Å². The first-order valence-electron chi connectivity index (χ1n) is 8.30. The van der Waals surface area contributed by atoms with E-state index in [-0.39, 0.29) is 11.6 Å². The number of halogens is 1. The van der Waals surface area contributed by atoms with Gasteiger partial charge >= 0.3 is 0 Å². The summed E-state index contributed by atoms with van der Waals surface area (Å²) in [5.41, 5.74) is 1.86. The van der Waals surface area contributed by atoms with Gasteiger partial charge in [-0.3, -0.25) is 4.79 Å². The van der Waals surface area contributed by atoms with E-state index in [4.69, 9.17) is 16.3 Å². The Morgan fingerprint density at radius 2 is 1.96 bits per heavy atom. The highest BCUT2D eigenvalue weighted by Crippen LogP contribution is 2.28. The smallest absolute Gasteiger partial charge is 0.274 e. The molecule has 0 saturated carbocycles. The summed E-state index contributed by atoms with van der Waals surface area (Å²) in [5.74, 6) is 0.611. The van der Waals surface area contributed by atoms with Gasteiger partial charge < -0.3 is 15.0 Å². The molecule has 0 spiro atoms. The van der Waals surface area contributed by atoms with Crippen LogP contribution in [0.2, 0.25) is 5.02 Å². The Morgan fingerprint density at radius 1 is 1.19 bits per heavy atom. The van der Waals surface area contributed by atoms with Crippen molar-refractivity contribution >= 4 is 29.1 Å². The normalized spacial score (nSPS) is 10.3. The van der Waals surface area contributed by atoms with Crippen LogP contribution in [0.5, 0.6) is 5.75 Å². The van der Waals surface area contributed by atoms with Crippen LogP contribution in [-0.4, -0.2) is 30.0 Å². The lowest BCUT2D eigenvalue weighted by Crippen LogP contribution is -2.21. The van der Waals surface area contributed by atoms with Gasteiger partial charge in [0.25, 0.3) is 5.91 Å². The molecule has 0 saturated heterocycles. The second-order valence-electron chi connectivity index (χ2n) is 5.88. The number of ether oxygens (including phenoxy) is 1. The second-order valence-corrected chi connectivity index (χ2v) is 6.32. The van der Waals surface area contributed by atoms with E-state index < -0.39 is 0 Å². The fourth-order valence-electron chi connectivity index (χ4n) is 2.55. The van der Waals surface area contributed by atoms with Crippen LogP contribution in [0.4, 0.5) is 11.6 Å². The van der Waals surface area contributed by atoms with Crippen molar-refractivity contribution in [1.82, 2.24) is 9.97 Å². The lowest BCUT2D eigenvalue weighted by atomic mass is 10.2. The molecule has 0 fully saturated rings. The molecule has 1 N–H and O–H groups in total. The molecule has 1 heterocycles. The van der Waals surface area contributed by atoms with Gasteiger partial charge in [0.05, 0.1) is 12.8 Å². The van der Waals surface area contributed by atoms with Crippen molar-refractivity contribution in [3.63, 3.8) is 0 Å². The first kappa shape index (κ1) is 18.7. The topological polar surface area (TPSA) is 67.3 Å². The molecule has 0 bridgehead atoms. The van der Waals surface area contributed by atoms with Crippen molar-refractivity contribution in [3.05, 3.63) is 77.1 Å². The monoisotopic (exact) mass is 382 g/mol. The zero-order valence-corrected chi connectivity index (χ0v) is 15.8. The van der Waals surface area contributed by atoms with Gasteiger partial charge in [-0.25, -0.2) is 9.97 Å². The molecule has 0 aliphatic rings. The summed E-state index contributed by atoms with van der Waals surface area (Å²) < 4.78 is 5.25. The molecular weight excluding hydrogens is 364 g/mol. The van der Waals surface area contributed by atoms with Crippen molar-refractivity contribution in [3.8, 4) is 5.75 Å². The summed E-state index contributed by atoms with van der Waals surface area (Å²) >= 11 is 6.01. The maximum absolute atomic E-state index is 12.6. The van der Waals surface area contributed by atoms with E-state index in [0.717, 1.165) is 5.56 Å². The largest absolute Gasteiger partial charge is 0.495 e. The Bertz CT molecular complexity index is 934. The lowest BCUT2D eigenvalue weighted by Gasteiger charge is -2.17. The average Bonchev–Trinajstić information content (AvgIpc) is 2.69. The van der Waals surface area contributed by atoms with Crippen molar-refractivity contribution in [2.75, 3.05) is 24.4 Å². The Balaban J connectivity index is 1.77. The van der Waals surface area contributed by atoms with Crippen molar-refractivity contribution in [2.24, 2.45) is 0 Å². The summed E-state index contributed by atoms with van der Waals surface area (Å²) in [4.78, 5) is 23.1. The number of anilines is 2. The van der Waals surface area contributed by atoms with Crippen LogP contribution in [0, 0.1) is 0 Å². The molecule has 0 unspecified atom stereocenters. The fourth-order valence-corrected chi connectivity index (χ4v) is 2.72. The number of rotatable bonds is 6.